The van der Waals surface area contributed by atoms with E-state index in [1.54, 1.807) is 0 Å². The number of amides is 1. The summed E-state index contributed by atoms with van der Waals surface area (Å²) in [6.07, 6.45) is -4.77. The fraction of sp³-hybridized carbons (Fsp3) is 0.278. The number of primary amides is 1. The molecule has 1 amide bonds. The lowest BCUT2D eigenvalue weighted by atomic mass is 9.93. The van der Waals surface area contributed by atoms with Crippen LogP contribution in [0.5, 0.6) is 0 Å². The molecular weight excluding hydrogens is 402 g/mol. The Kier molecular flexibility index (Phi) is 5.55. The highest BCUT2D eigenvalue weighted by Crippen LogP contribution is 2.42. The van der Waals surface area contributed by atoms with E-state index in [0.717, 1.165) is 0 Å². The molecule has 3 rings (SSSR count). The zero-order valence-electron chi connectivity index (χ0n) is 14.0. The summed E-state index contributed by atoms with van der Waals surface area (Å²) in [5, 5.41) is 3.52. The number of hydrogen-bond acceptors (Lipinski definition) is 3. The zero-order chi connectivity index (χ0) is 19.8. The molecule has 0 saturated carbocycles. The van der Waals surface area contributed by atoms with Crippen LogP contribution in [0.3, 0.4) is 0 Å². The first-order valence-corrected chi connectivity index (χ1v) is 8.90. The molecule has 1 aliphatic rings. The molecule has 9 heteroatoms. The quantitative estimate of drug-likeness (QED) is 0.786. The summed E-state index contributed by atoms with van der Waals surface area (Å²) in [6.45, 7) is 2.58. The lowest BCUT2D eigenvalue weighted by Crippen LogP contribution is -2.43. The maximum atomic E-state index is 13.8. The van der Waals surface area contributed by atoms with Crippen LogP contribution in [0.4, 0.5) is 18.9 Å². The smallest absolute Gasteiger partial charge is 0.369 e. The fourth-order valence-corrected chi connectivity index (χ4v) is 3.42. The first kappa shape index (κ1) is 19.8. The Morgan fingerprint density at radius 3 is 2.30 bits per heavy atom. The number of carbonyl (C=O) groups excluding carboxylic acids is 1. The van der Waals surface area contributed by atoms with Crippen LogP contribution in [-0.4, -0.2) is 32.1 Å². The molecule has 0 radical (unpaired) electrons. The minimum absolute atomic E-state index is 0.121. The van der Waals surface area contributed by atoms with Gasteiger partial charge in [-0.15, -0.1) is 0 Å². The molecule has 0 aliphatic carbocycles. The largest absolute Gasteiger partial charge is 0.417 e. The van der Waals surface area contributed by atoms with E-state index in [2.05, 4.69) is 5.32 Å². The third-order valence-electron chi connectivity index (χ3n) is 4.38. The van der Waals surface area contributed by atoms with E-state index in [1.807, 2.05) is 4.90 Å². The van der Waals surface area contributed by atoms with Gasteiger partial charge in [-0.25, -0.2) is 0 Å². The number of nitrogens with zero attached hydrogens (tertiary/aromatic N) is 1. The Balaban J connectivity index is 2.27. The fourth-order valence-electron chi connectivity index (χ4n) is 3.12. The summed E-state index contributed by atoms with van der Waals surface area (Å²) < 4.78 is 41.5. The highest BCUT2D eigenvalue weighted by molar-refractivity contribution is 6.42. The van der Waals surface area contributed by atoms with Gasteiger partial charge in [0.2, 0.25) is 5.91 Å². The monoisotopic (exact) mass is 417 g/mol. The van der Waals surface area contributed by atoms with Gasteiger partial charge in [0.25, 0.3) is 0 Å². The third-order valence-corrected chi connectivity index (χ3v) is 5.12. The second kappa shape index (κ2) is 7.58. The number of nitrogens with one attached hydrogen (secondary N) is 1. The lowest BCUT2D eigenvalue weighted by Gasteiger charge is -2.31. The standard InChI is InChI=1S/C18H16Cl2F3N3O/c19-14-2-1-10(7-15(14)20)12-8-11(26-5-3-25-4-6-26)9-13(17(24)27)16(12)18(21,22)23/h1-2,7-9,25H,3-6H2,(H2,24,27). The number of anilines is 1. The maximum absolute atomic E-state index is 13.8. The summed E-state index contributed by atoms with van der Waals surface area (Å²) in [7, 11) is 0. The van der Waals surface area contributed by atoms with Crippen molar-refractivity contribution in [3.8, 4) is 11.1 Å². The molecule has 0 spiro atoms. The van der Waals surface area contributed by atoms with E-state index < -0.39 is 23.2 Å². The molecule has 1 aliphatic heterocycles. The van der Waals surface area contributed by atoms with Crippen molar-refractivity contribution in [3.05, 3.63) is 51.5 Å². The number of hydrogen-bond donors (Lipinski definition) is 2. The Labute approximate surface area is 164 Å². The van der Waals surface area contributed by atoms with E-state index in [9.17, 15) is 18.0 Å². The van der Waals surface area contributed by atoms with Crippen molar-refractivity contribution >= 4 is 34.8 Å². The molecule has 144 valence electrons. The number of benzene rings is 2. The van der Waals surface area contributed by atoms with Crippen LogP contribution < -0.4 is 16.0 Å². The molecule has 0 atom stereocenters. The van der Waals surface area contributed by atoms with Crippen molar-refractivity contribution in [1.82, 2.24) is 5.32 Å². The third kappa shape index (κ3) is 4.15. The normalized spacial score (nSPS) is 15.1. The minimum Gasteiger partial charge on any atom is -0.369 e. The molecule has 0 bridgehead atoms. The van der Waals surface area contributed by atoms with Gasteiger partial charge in [0.15, 0.2) is 0 Å². The van der Waals surface area contributed by atoms with Crippen LogP contribution >= 0.6 is 23.2 Å². The topological polar surface area (TPSA) is 58.4 Å². The van der Waals surface area contributed by atoms with Crippen LogP contribution in [0.25, 0.3) is 11.1 Å². The predicted octanol–water partition coefficient (Wildman–Crippen LogP) is 4.19. The lowest BCUT2D eigenvalue weighted by molar-refractivity contribution is -0.137. The number of halogens is 5. The van der Waals surface area contributed by atoms with Gasteiger partial charge in [0.05, 0.1) is 21.2 Å². The first-order valence-electron chi connectivity index (χ1n) is 8.14. The molecular formula is C18H16Cl2F3N3O. The molecule has 0 unspecified atom stereocenters. The van der Waals surface area contributed by atoms with Crippen LogP contribution in [0.2, 0.25) is 10.0 Å². The number of nitrogens with two attached hydrogens (primary N) is 1. The van der Waals surface area contributed by atoms with Gasteiger partial charge in [-0.2, -0.15) is 13.2 Å². The number of piperazine rings is 1. The van der Waals surface area contributed by atoms with Crippen LogP contribution in [0.15, 0.2) is 30.3 Å². The number of alkyl halides is 3. The van der Waals surface area contributed by atoms with Gasteiger partial charge in [-0.1, -0.05) is 29.3 Å². The molecule has 27 heavy (non-hydrogen) atoms. The van der Waals surface area contributed by atoms with Crippen molar-refractivity contribution in [1.29, 1.82) is 0 Å². The Morgan fingerprint density at radius 1 is 1.07 bits per heavy atom. The summed E-state index contributed by atoms with van der Waals surface area (Å²) in [4.78, 5) is 13.8. The molecule has 1 saturated heterocycles. The van der Waals surface area contributed by atoms with E-state index >= 15 is 0 Å². The zero-order valence-corrected chi connectivity index (χ0v) is 15.5. The molecule has 4 nitrogen and oxygen atoms in total. The van der Waals surface area contributed by atoms with Crippen molar-refractivity contribution in [2.45, 2.75) is 6.18 Å². The van der Waals surface area contributed by atoms with Gasteiger partial charge >= 0.3 is 6.18 Å². The maximum Gasteiger partial charge on any atom is 0.417 e. The van der Waals surface area contributed by atoms with Gasteiger partial charge in [-0.05, 0) is 35.4 Å². The van der Waals surface area contributed by atoms with E-state index in [0.29, 0.717) is 31.9 Å². The van der Waals surface area contributed by atoms with Crippen molar-refractivity contribution in [2.24, 2.45) is 5.73 Å². The number of rotatable bonds is 3. The van der Waals surface area contributed by atoms with Gasteiger partial charge < -0.3 is 16.0 Å². The molecule has 0 aromatic heterocycles. The molecule has 3 N–H and O–H groups in total. The SMILES string of the molecule is NC(=O)c1cc(N2CCNCC2)cc(-c2ccc(Cl)c(Cl)c2)c1C(F)(F)F. The van der Waals surface area contributed by atoms with E-state index in [-0.39, 0.29) is 21.2 Å². The number of carbonyl (C=O) groups is 1. The summed E-state index contributed by atoms with van der Waals surface area (Å²) in [5.74, 6) is -1.14. The Hall–Kier alpha value is -1.96. The summed E-state index contributed by atoms with van der Waals surface area (Å²) in [6, 6.07) is 6.82. The highest BCUT2D eigenvalue weighted by Gasteiger charge is 2.38. The predicted molar refractivity (Wildman–Crippen MR) is 101 cm³/mol. The second-order valence-electron chi connectivity index (χ2n) is 6.14. The molecule has 1 heterocycles. The molecule has 1 fully saturated rings. The Bertz CT molecular complexity index is 881. The summed E-state index contributed by atoms with van der Waals surface area (Å²) >= 11 is 11.9. The van der Waals surface area contributed by atoms with E-state index in [1.165, 1.54) is 30.3 Å². The van der Waals surface area contributed by atoms with Crippen LogP contribution in [-0.2, 0) is 6.18 Å². The van der Waals surface area contributed by atoms with Crippen LogP contribution in [0, 0.1) is 0 Å². The second-order valence-corrected chi connectivity index (χ2v) is 6.96. The van der Waals surface area contributed by atoms with Gasteiger partial charge in [0.1, 0.15) is 0 Å². The average Bonchev–Trinajstić information content (AvgIpc) is 2.62. The minimum atomic E-state index is -4.77. The van der Waals surface area contributed by atoms with Crippen molar-refractivity contribution < 1.29 is 18.0 Å². The molecule has 2 aromatic carbocycles. The Morgan fingerprint density at radius 2 is 1.74 bits per heavy atom. The molecule has 2 aromatic rings. The summed E-state index contributed by atoms with van der Waals surface area (Å²) in [5.41, 5.74) is 4.19. The van der Waals surface area contributed by atoms with Crippen molar-refractivity contribution in [2.75, 3.05) is 31.1 Å². The first-order chi connectivity index (χ1) is 12.7. The van der Waals surface area contributed by atoms with E-state index in [4.69, 9.17) is 28.9 Å². The van der Waals surface area contributed by atoms with Crippen molar-refractivity contribution in [3.63, 3.8) is 0 Å². The van der Waals surface area contributed by atoms with Crippen LogP contribution in [0.1, 0.15) is 15.9 Å². The average molecular weight is 418 g/mol. The van der Waals surface area contributed by atoms with Gasteiger partial charge in [0, 0.05) is 31.9 Å². The highest BCUT2D eigenvalue weighted by atomic mass is 35.5. The van der Waals surface area contributed by atoms with Gasteiger partial charge in [-0.3, -0.25) is 4.79 Å².